The highest BCUT2D eigenvalue weighted by Crippen LogP contribution is 2.64. The van der Waals surface area contributed by atoms with Crippen molar-refractivity contribution in [1.29, 1.82) is 0 Å². The predicted octanol–water partition coefficient (Wildman–Crippen LogP) is 5.59. The Bertz CT molecular complexity index is 345. The molecule has 0 aromatic carbocycles. The summed E-state index contributed by atoms with van der Waals surface area (Å²) in [5, 5.41) is 0. The van der Waals surface area contributed by atoms with Gasteiger partial charge in [0.2, 0.25) is 0 Å². The van der Waals surface area contributed by atoms with Gasteiger partial charge in [0.25, 0.3) is 0 Å². The Morgan fingerprint density at radius 2 is 1.76 bits per heavy atom. The van der Waals surface area contributed by atoms with Crippen LogP contribution in [0.4, 0.5) is 0 Å². The van der Waals surface area contributed by atoms with E-state index in [2.05, 4.69) is 48.5 Å². The van der Waals surface area contributed by atoms with Crippen LogP contribution in [-0.4, -0.2) is 0 Å². The topological polar surface area (TPSA) is 0 Å². The van der Waals surface area contributed by atoms with Crippen LogP contribution in [0.15, 0.2) is 11.1 Å². The maximum absolute atomic E-state index is 2.44. The van der Waals surface area contributed by atoms with E-state index in [0.717, 1.165) is 5.92 Å². The molecule has 0 aromatic rings. The minimum Gasteiger partial charge on any atom is -0.0671 e. The summed E-state index contributed by atoms with van der Waals surface area (Å²) in [6.45, 7) is 16.9. The second-order valence-corrected chi connectivity index (χ2v) is 8.18. The van der Waals surface area contributed by atoms with Crippen LogP contribution in [0.25, 0.3) is 0 Å². The van der Waals surface area contributed by atoms with Gasteiger partial charge in [0.05, 0.1) is 0 Å². The standard InChI is InChI=1S/C17H30/c1-8-17(9-10-17)12(2)14-13(15(3,4)5)11-16(14,6)7/h13H,8-11H2,1-7H3. The normalized spacial score (nSPS) is 33.0. The minimum atomic E-state index is 0.440. The Labute approximate surface area is 108 Å². The van der Waals surface area contributed by atoms with E-state index in [1.807, 2.05) is 5.57 Å². The molecular weight excluding hydrogens is 204 g/mol. The molecule has 0 amide bonds. The average Bonchev–Trinajstić information content (AvgIpc) is 2.93. The first-order valence-electron chi connectivity index (χ1n) is 7.36. The summed E-state index contributed by atoms with van der Waals surface area (Å²) in [5.41, 5.74) is 5.08. The fourth-order valence-corrected chi connectivity index (χ4v) is 4.00. The second kappa shape index (κ2) is 3.62. The smallest absolute Gasteiger partial charge is 0.00898 e. The predicted molar refractivity (Wildman–Crippen MR) is 76.0 cm³/mol. The second-order valence-electron chi connectivity index (χ2n) is 8.18. The van der Waals surface area contributed by atoms with E-state index in [9.17, 15) is 0 Å². The first-order valence-corrected chi connectivity index (χ1v) is 7.36. The van der Waals surface area contributed by atoms with Crippen LogP contribution in [-0.2, 0) is 0 Å². The van der Waals surface area contributed by atoms with Gasteiger partial charge in [0.1, 0.15) is 0 Å². The molecule has 2 aliphatic carbocycles. The molecule has 0 aliphatic heterocycles. The van der Waals surface area contributed by atoms with Gasteiger partial charge in [-0.1, -0.05) is 52.7 Å². The molecular formula is C17H30. The van der Waals surface area contributed by atoms with Gasteiger partial charge in [-0.15, -0.1) is 0 Å². The molecule has 0 saturated heterocycles. The molecule has 98 valence electrons. The Kier molecular flexibility index (Phi) is 2.81. The highest BCUT2D eigenvalue weighted by atomic mass is 14.6. The number of hydrogen-bond acceptors (Lipinski definition) is 0. The molecule has 0 heteroatoms. The van der Waals surface area contributed by atoms with Crippen molar-refractivity contribution in [2.45, 2.75) is 74.1 Å². The summed E-state index contributed by atoms with van der Waals surface area (Å²) in [4.78, 5) is 0. The molecule has 0 heterocycles. The minimum absolute atomic E-state index is 0.440. The van der Waals surface area contributed by atoms with Crippen molar-refractivity contribution in [3.63, 3.8) is 0 Å². The molecule has 2 rings (SSSR count). The lowest BCUT2D eigenvalue weighted by molar-refractivity contribution is 0.0991. The summed E-state index contributed by atoms with van der Waals surface area (Å²) in [7, 11) is 0. The van der Waals surface area contributed by atoms with Crippen LogP contribution in [0.3, 0.4) is 0 Å². The first-order chi connectivity index (χ1) is 7.64. The van der Waals surface area contributed by atoms with Crippen molar-refractivity contribution in [2.24, 2.45) is 22.2 Å². The molecule has 17 heavy (non-hydrogen) atoms. The van der Waals surface area contributed by atoms with Crippen molar-refractivity contribution < 1.29 is 0 Å². The molecule has 2 aliphatic rings. The monoisotopic (exact) mass is 234 g/mol. The highest BCUT2D eigenvalue weighted by Gasteiger charge is 2.52. The summed E-state index contributed by atoms with van der Waals surface area (Å²) in [6.07, 6.45) is 5.59. The zero-order chi connectivity index (χ0) is 13.1. The van der Waals surface area contributed by atoms with Gasteiger partial charge in [0, 0.05) is 0 Å². The highest BCUT2D eigenvalue weighted by molar-refractivity contribution is 5.37. The van der Waals surface area contributed by atoms with E-state index in [-0.39, 0.29) is 0 Å². The molecule has 0 nitrogen and oxygen atoms in total. The summed E-state index contributed by atoms with van der Waals surface area (Å²) < 4.78 is 0. The molecule has 0 spiro atoms. The van der Waals surface area contributed by atoms with Crippen LogP contribution in [0.1, 0.15) is 74.1 Å². The summed E-state index contributed by atoms with van der Waals surface area (Å²) in [5.74, 6) is 0.821. The van der Waals surface area contributed by atoms with Crippen LogP contribution >= 0.6 is 0 Å². The Balaban J connectivity index is 2.36. The molecule has 2 saturated carbocycles. The van der Waals surface area contributed by atoms with Crippen molar-refractivity contribution in [3.8, 4) is 0 Å². The van der Waals surface area contributed by atoms with E-state index in [0.29, 0.717) is 16.2 Å². The fourth-order valence-electron chi connectivity index (χ4n) is 4.00. The van der Waals surface area contributed by atoms with E-state index in [1.165, 1.54) is 25.7 Å². The Morgan fingerprint density at radius 1 is 1.24 bits per heavy atom. The molecule has 1 unspecified atom stereocenters. The van der Waals surface area contributed by atoms with Crippen molar-refractivity contribution in [3.05, 3.63) is 11.1 Å². The van der Waals surface area contributed by atoms with E-state index < -0.39 is 0 Å². The van der Waals surface area contributed by atoms with Crippen molar-refractivity contribution >= 4 is 0 Å². The van der Waals surface area contributed by atoms with Crippen molar-refractivity contribution in [2.75, 3.05) is 0 Å². The summed E-state index contributed by atoms with van der Waals surface area (Å²) in [6, 6.07) is 0. The zero-order valence-electron chi connectivity index (χ0n) is 12.9. The third kappa shape index (κ3) is 1.98. The van der Waals surface area contributed by atoms with Crippen LogP contribution in [0.2, 0.25) is 0 Å². The van der Waals surface area contributed by atoms with Crippen LogP contribution < -0.4 is 0 Å². The Morgan fingerprint density at radius 3 is 2.06 bits per heavy atom. The first kappa shape index (κ1) is 13.2. The van der Waals surface area contributed by atoms with Crippen LogP contribution in [0.5, 0.6) is 0 Å². The van der Waals surface area contributed by atoms with Gasteiger partial charge in [-0.05, 0) is 54.8 Å². The number of rotatable bonds is 2. The molecule has 0 radical (unpaired) electrons. The molecule has 0 aromatic heterocycles. The van der Waals surface area contributed by atoms with Crippen molar-refractivity contribution in [1.82, 2.24) is 0 Å². The van der Waals surface area contributed by atoms with E-state index in [4.69, 9.17) is 0 Å². The molecule has 0 bridgehead atoms. The van der Waals surface area contributed by atoms with Gasteiger partial charge in [-0.2, -0.15) is 0 Å². The van der Waals surface area contributed by atoms with Gasteiger partial charge in [0.15, 0.2) is 0 Å². The zero-order valence-corrected chi connectivity index (χ0v) is 12.9. The maximum Gasteiger partial charge on any atom is -0.00898 e. The molecule has 2 fully saturated rings. The lowest BCUT2D eigenvalue weighted by atomic mass is 9.51. The molecule has 0 N–H and O–H groups in total. The van der Waals surface area contributed by atoms with Gasteiger partial charge < -0.3 is 0 Å². The van der Waals surface area contributed by atoms with Gasteiger partial charge in [-0.3, -0.25) is 0 Å². The SMILES string of the molecule is CCC1(C(C)=C2C(C(C)(C)C)CC2(C)C)CC1. The third-order valence-corrected chi connectivity index (χ3v) is 5.57. The van der Waals surface area contributed by atoms with E-state index in [1.54, 1.807) is 5.57 Å². The summed E-state index contributed by atoms with van der Waals surface area (Å²) >= 11 is 0. The number of allylic oxidation sites excluding steroid dienone is 2. The van der Waals surface area contributed by atoms with Crippen LogP contribution in [0, 0.1) is 22.2 Å². The Hall–Kier alpha value is -0.260. The quantitative estimate of drug-likeness (QED) is 0.547. The average molecular weight is 234 g/mol. The molecule has 1 atom stereocenters. The third-order valence-electron chi connectivity index (χ3n) is 5.57. The largest absolute Gasteiger partial charge is 0.0671 e. The number of hydrogen-bond donors (Lipinski definition) is 0. The lowest BCUT2D eigenvalue weighted by Crippen LogP contribution is -2.44. The van der Waals surface area contributed by atoms with E-state index >= 15 is 0 Å². The lowest BCUT2D eigenvalue weighted by Gasteiger charge is -2.54. The fraction of sp³-hybridized carbons (Fsp3) is 0.882. The maximum atomic E-state index is 2.44. The van der Waals surface area contributed by atoms with Gasteiger partial charge in [-0.25, -0.2) is 0 Å². The van der Waals surface area contributed by atoms with Gasteiger partial charge >= 0.3 is 0 Å².